The van der Waals surface area contributed by atoms with E-state index in [0.717, 1.165) is 30.5 Å². The average Bonchev–Trinajstić information content (AvgIpc) is 3.11. The second-order valence-electron chi connectivity index (χ2n) is 7.05. The van der Waals surface area contributed by atoms with Gasteiger partial charge in [-0.25, -0.2) is 4.98 Å². The van der Waals surface area contributed by atoms with Gasteiger partial charge in [-0.2, -0.15) is 0 Å². The van der Waals surface area contributed by atoms with Gasteiger partial charge in [-0.1, -0.05) is 12.1 Å². The number of fused-ring (bicyclic) bond motifs is 1. The predicted octanol–water partition coefficient (Wildman–Crippen LogP) is 3.64. The van der Waals surface area contributed by atoms with Gasteiger partial charge in [0.1, 0.15) is 0 Å². The van der Waals surface area contributed by atoms with Crippen LogP contribution in [0.5, 0.6) is 0 Å². The summed E-state index contributed by atoms with van der Waals surface area (Å²) >= 11 is 1.43. The summed E-state index contributed by atoms with van der Waals surface area (Å²) in [6.45, 7) is 0.789. The number of likely N-dealkylation sites (tertiary alicyclic amines) is 1. The molecule has 1 aromatic carbocycles. The summed E-state index contributed by atoms with van der Waals surface area (Å²) in [5, 5.41) is 5.41. The molecule has 5 nitrogen and oxygen atoms in total. The average molecular weight is 369 g/mol. The molecule has 1 aliphatic carbocycles. The third-order valence-electron chi connectivity index (χ3n) is 5.15. The zero-order valence-electron chi connectivity index (χ0n) is 14.8. The first-order valence-electron chi connectivity index (χ1n) is 9.34. The van der Waals surface area contributed by atoms with E-state index in [1.165, 1.54) is 41.7 Å². The Morgan fingerprint density at radius 3 is 2.77 bits per heavy atom. The summed E-state index contributed by atoms with van der Waals surface area (Å²) in [5.41, 5.74) is 4.88. The molecule has 1 N–H and O–H groups in total. The van der Waals surface area contributed by atoms with Crippen molar-refractivity contribution in [2.75, 3.05) is 18.4 Å². The lowest BCUT2D eigenvalue weighted by molar-refractivity contribution is -0.136. The Kier molecular flexibility index (Phi) is 5.02. The molecule has 0 saturated carbocycles. The van der Waals surface area contributed by atoms with Gasteiger partial charge in [-0.15, -0.1) is 11.3 Å². The zero-order chi connectivity index (χ0) is 17.9. The van der Waals surface area contributed by atoms with Gasteiger partial charge in [0.25, 0.3) is 0 Å². The standard InChI is InChI=1S/C20H23N3O2S/c24-18(12-23-10-4-3-7-19(23)25)22-20-21-17(13-26-20)16-9-8-14-5-1-2-6-15(14)11-16/h8-9,11,13H,1-7,10,12H2,(H,21,22,24). The Bertz CT molecular complexity index is 830. The van der Waals surface area contributed by atoms with Gasteiger partial charge in [0.05, 0.1) is 12.2 Å². The first kappa shape index (κ1) is 17.2. The number of anilines is 1. The Balaban J connectivity index is 1.41. The van der Waals surface area contributed by atoms with Crippen molar-refractivity contribution in [1.82, 2.24) is 9.88 Å². The first-order valence-corrected chi connectivity index (χ1v) is 10.2. The maximum absolute atomic E-state index is 12.2. The van der Waals surface area contributed by atoms with Crippen molar-refractivity contribution in [3.05, 3.63) is 34.7 Å². The van der Waals surface area contributed by atoms with Crippen LogP contribution in [-0.4, -0.2) is 34.8 Å². The van der Waals surface area contributed by atoms with Gasteiger partial charge in [0.15, 0.2) is 5.13 Å². The fraction of sp³-hybridized carbons (Fsp3) is 0.450. The van der Waals surface area contributed by atoms with Crippen molar-refractivity contribution < 1.29 is 9.59 Å². The van der Waals surface area contributed by atoms with Crippen molar-refractivity contribution in [2.45, 2.75) is 44.9 Å². The van der Waals surface area contributed by atoms with Gasteiger partial charge in [-0.3, -0.25) is 9.59 Å². The number of thiazole rings is 1. The number of hydrogen-bond donors (Lipinski definition) is 1. The minimum Gasteiger partial charge on any atom is -0.333 e. The monoisotopic (exact) mass is 369 g/mol. The summed E-state index contributed by atoms with van der Waals surface area (Å²) in [5.74, 6) is -0.105. The molecule has 2 aliphatic rings. The van der Waals surface area contributed by atoms with E-state index in [9.17, 15) is 9.59 Å². The van der Waals surface area contributed by atoms with Gasteiger partial charge in [0.2, 0.25) is 11.8 Å². The van der Waals surface area contributed by atoms with Gasteiger partial charge < -0.3 is 10.2 Å². The number of rotatable bonds is 4. The Labute approximate surface area is 157 Å². The number of piperidine rings is 1. The van der Waals surface area contributed by atoms with E-state index in [-0.39, 0.29) is 18.4 Å². The molecule has 0 spiro atoms. The van der Waals surface area contributed by atoms with Crippen molar-refractivity contribution in [1.29, 1.82) is 0 Å². The highest BCUT2D eigenvalue weighted by Gasteiger charge is 2.21. The molecule has 6 heteroatoms. The smallest absolute Gasteiger partial charge is 0.245 e. The summed E-state index contributed by atoms with van der Waals surface area (Å²) in [4.78, 5) is 30.2. The lowest BCUT2D eigenvalue weighted by Crippen LogP contribution is -2.40. The molecule has 2 amide bonds. The van der Waals surface area contributed by atoms with E-state index >= 15 is 0 Å². The quantitative estimate of drug-likeness (QED) is 0.895. The van der Waals surface area contributed by atoms with Crippen LogP contribution in [-0.2, 0) is 22.4 Å². The molecule has 0 bridgehead atoms. The number of nitrogens with zero attached hydrogens (tertiary/aromatic N) is 2. The molecule has 1 saturated heterocycles. The summed E-state index contributed by atoms with van der Waals surface area (Å²) in [6.07, 6.45) is 7.28. The molecule has 0 atom stereocenters. The van der Waals surface area contributed by atoms with Crippen LogP contribution in [0.25, 0.3) is 11.3 Å². The third kappa shape index (κ3) is 3.80. The van der Waals surface area contributed by atoms with Crippen LogP contribution in [0.2, 0.25) is 0 Å². The summed E-state index contributed by atoms with van der Waals surface area (Å²) in [6, 6.07) is 6.57. The second kappa shape index (κ2) is 7.58. The lowest BCUT2D eigenvalue weighted by atomic mass is 9.90. The summed E-state index contributed by atoms with van der Waals surface area (Å²) < 4.78 is 0. The first-order chi connectivity index (χ1) is 12.7. The number of nitrogens with one attached hydrogen (secondary N) is 1. The van der Waals surface area contributed by atoms with Crippen molar-refractivity contribution >= 4 is 28.3 Å². The molecule has 1 aliphatic heterocycles. The molecular weight excluding hydrogens is 346 g/mol. The molecule has 4 rings (SSSR count). The maximum atomic E-state index is 12.2. The van der Waals surface area contributed by atoms with Gasteiger partial charge in [-0.05, 0) is 55.7 Å². The number of hydrogen-bond acceptors (Lipinski definition) is 4. The third-order valence-corrected chi connectivity index (χ3v) is 5.91. The van der Waals surface area contributed by atoms with Crippen LogP contribution in [0.15, 0.2) is 23.6 Å². The van der Waals surface area contributed by atoms with Crippen molar-refractivity contribution in [3.8, 4) is 11.3 Å². The number of benzene rings is 1. The molecule has 136 valence electrons. The van der Waals surface area contributed by atoms with Crippen LogP contribution in [0.4, 0.5) is 5.13 Å². The number of carbonyl (C=O) groups excluding carboxylic acids is 2. The van der Waals surface area contributed by atoms with Crippen molar-refractivity contribution in [2.24, 2.45) is 0 Å². The van der Waals surface area contributed by atoms with E-state index in [2.05, 4.69) is 28.5 Å². The highest BCUT2D eigenvalue weighted by atomic mass is 32.1. The topological polar surface area (TPSA) is 62.3 Å². The Morgan fingerprint density at radius 2 is 1.92 bits per heavy atom. The largest absolute Gasteiger partial charge is 0.333 e. The SMILES string of the molecule is O=C(CN1CCCCC1=O)Nc1nc(-c2ccc3c(c2)CCCC3)cs1. The zero-order valence-corrected chi connectivity index (χ0v) is 15.6. The van der Waals surface area contributed by atoms with Crippen molar-refractivity contribution in [3.63, 3.8) is 0 Å². The van der Waals surface area contributed by atoms with Gasteiger partial charge >= 0.3 is 0 Å². The normalized spacial score (nSPS) is 17.1. The van der Waals surface area contributed by atoms with E-state index in [4.69, 9.17) is 0 Å². The fourth-order valence-corrected chi connectivity index (χ4v) is 4.45. The molecule has 26 heavy (non-hydrogen) atoms. The summed E-state index contributed by atoms with van der Waals surface area (Å²) in [7, 11) is 0. The molecule has 0 radical (unpaired) electrons. The fourth-order valence-electron chi connectivity index (χ4n) is 3.72. The molecule has 1 aromatic heterocycles. The molecule has 2 heterocycles. The minimum absolute atomic E-state index is 0.0697. The van der Waals surface area contributed by atoms with Crippen LogP contribution in [0.1, 0.15) is 43.2 Å². The van der Waals surface area contributed by atoms with E-state index in [1.807, 2.05) is 5.38 Å². The van der Waals surface area contributed by atoms with E-state index in [1.54, 1.807) is 4.90 Å². The van der Waals surface area contributed by atoms with Crippen LogP contribution in [0, 0.1) is 0 Å². The van der Waals surface area contributed by atoms with Crippen LogP contribution < -0.4 is 5.32 Å². The predicted molar refractivity (Wildman–Crippen MR) is 103 cm³/mol. The molecule has 0 unspecified atom stereocenters. The van der Waals surface area contributed by atoms with Gasteiger partial charge in [0, 0.05) is 23.9 Å². The molecule has 2 aromatic rings. The number of aromatic nitrogens is 1. The Morgan fingerprint density at radius 1 is 1.12 bits per heavy atom. The number of amides is 2. The minimum atomic E-state index is -0.174. The second-order valence-corrected chi connectivity index (χ2v) is 7.91. The Hall–Kier alpha value is -2.21. The lowest BCUT2D eigenvalue weighted by Gasteiger charge is -2.25. The highest BCUT2D eigenvalue weighted by molar-refractivity contribution is 7.14. The number of carbonyl (C=O) groups is 2. The molecule has 1 fully saturated rings. The highest BCUT2D eigenvalue weighted by Crippen LogP contribution is 2.29. The van der Waals surface area contributed by atoms with Crippen LogP contribution in [0.3, 0.4) is 0 Å². The molecular formula is C20H23N3O2S. The van der Waals surface area contributed by atoms with E-state index in [0.29, 0.717) is 18.1 Å². The van der Waals surface area contributed by atoms with E-state index < -0.39 is 0 Å². The number of aryl methyl sites for hydroxylation is 2. The maximum Gasteiger partial charge on any atom is 0.245 e. The van der Waals surface area contributed by atoms with Crippen LogP contribution >= 0.6 is 11.3 Å².